The molecule has 0 radical (unpaired) electrons. The Morgan fingerprint density at radius 2 is 2.25 bits per heavy atom. The second-order valence-electron chi connectivity index (χ2n) is 3.60. The highest BCUT2D eigenvalue weighted by Crippen LogP contribution is 2.17. The summed E-state index contributed by atoms with van der Waals surface area (Å²) in [7, 11) is 0. The number of aromatic amines is 1. The topological polar surface area (TPSA) is 28.7 Å². The molecule has 3 rings (SSSR count). The highest BCUT2D eigenvalue weighted by Gasteiger charge is 2.04. The predicted octanol–water partition coefficient (Wildman–Crippen LogP) is 3.35. The van der Waals surface area contributed by atoms with E-state index in [0.717, 1.165) is 23.3 Å². The van der Waals surface area contributed by atoms with Gasteiger partial charge in [0.05, 0.1) is 11.0 Å². The van der Waals surface area contributed by atoms with Gasteiger partial charge in [-0.15, -0.1) is 11.3 Å². The first-order valence-electron chi connectivity index (χ1n) is 4.98. The maximum absolute atomic E-state index is 13.0. The van der Waals surface area contributed by atoms with E-state index in [-0.39, 0.29) is 5.82 Å². The SMILES string of the molecule is Fc1ccc2nc(Cc3cccs3)[nH]c2c1. The summed E-state index contributed by atoms with van der Waals surface area (Å²) in [4.78, 5) is 8.79. The molecule has 0 aliphatic rings. The van der Waals surface area contributed by atoms with Crippen molar-refractivity contribution in [3.63, 3.8) is 0 Å². The van der Waals surface area contributed by atoms with Crippen LogP contribution in [0.15, 0.2) is 35.7 Å². The molecule has 4 heteroatoms. The molecule has 0 amide bonds. The first-order valence-corrected chi connectivity index (χ1v) is 5.86. The number of aromatic nitrogens is 2. The number of halogens is 1. The van der Waals surface area contributed by atoms with Gasteiger partial charge < -0.3 is 4.98 Å². The molecule has 0 fully saturated rings. The minimum absolute atomic E-state index is 0.237. The average molecular weight is 232 g/mol. The van der Waals surface area contributed by atoms with Gasteiger partial charge in [-0.3, -0.25) is 0 Å². The smallest absolute Gasteiger partial charge is 0.125 e. The molecule has 80 valence electrons. The molecule has 0 unspecified atom stereocenters. The van der Waals surface area contributed by atoms with Gasteiger partial charge in [0, 0.05) is 11.3 Å². The van der Waals surface area contributed by atoms with Crippen LogP contribution in [0.1, 0.15) is 10.7 Å². The monoisotopic (exact) mass is 232 g/mol. The van der Waals surface area contributed by atoms with E-state index < -0.39 is 0 Å². The van der Waals surface area contributed by atoms with Gasteiger partial charge in [0.15, 0.2) is 0 Å². The number of hydrogen-bond donors (Lipinski definition) is 1. The number of hydrogen-bond acceptors (Lipinski definition) is 2. The minimum Gasteiger partial charge on any atom is -0.342 e. The molecular formula is C12H9FN2S. The predicted molar refractivity (Wildman–Crippen MR) is 63.2 cm³/mol. The van der Waals surface area contributed by atoms with Crippen molar-refractivity contribution in [2.45, 2.75) is 6.42 Å². The van der Waals surface area contributed by atoms with Crippen molar-refractivity contribution in [3.05, 3.63) is 52.2 Å². The van der Waals surface area contributed by atoms with Crippen molar-refractivity contribution in [3.8, 4) is 0 Å². The molecule has 0 aliphatic carbocycles. The Hall–Kier alpha value is -1.68. The van der Waals surface area contributed by atoms with Crippen LogP contribution in [0.4, 0.5) is 4.39 Å². The largest absolute Gasteiger partial charge is 0.342 e. The molecule has 0 bridgehead atoms. The fourth-order valence-electron chi connectivity index (χ4n) is 1.70. The van der Waals surface area contributed by atoms with E-state index in [4.69, 9.17) is 0 Å². The van der Waals surface area contributed by atoms with E-state index in [1.165, 1.54) is 17.0 Å². The molecule has 0 atom stereocenters. The third-order valence-corrected chi connectivity index (χ3v) is 3.29. The summed E-state index contributed by atoms with van der Waals surface area (Å²) in [5.41, 5.74) is 1.57. The number of fused-ring (bicyclic) bond motifs is 1. The Bertz CT molecular complexity index is 613. The van der Waals surface area contributed by atoms with Crippen LogP contribution in [0.25, 0.3) is 11.0 Å². The zero-order chi connectivity index (χ0) is 11.0. The molecule has 16 heavy (non-hydrogen) atoms. The number of rotatable bonds is 2. The fourth-order valence-corrected chi connectivity index (χ4v) is 2.41. The Labute approximate surface area is 95.8 Å². The van der Waals surface area contributed by atoms with E-state index in [0.29, 0.717) is 0 Å². The molecule has 1 aromatic carbocycles. The number of nitrogens with zero attached hydrogens (tertiary/aromatic N) is 1. The molecule has 1 N–H and O–H groups in total. The summed E-state index contributed by atoms with van der Waals surface area (Å²) in [6.45, 7) is 0. The third kappa shape index (κ3) is 1.72. The van der Waals surface area contributed by atoms with E-state index in [1.54, 1.807) is 17.4 Å². The molecule has 0 saturated carbocycles. The fraction of sp³-hybridized carbons (Fsp3) is 0.0833. The lowest BCUT2D eigenvalue weighted by molar-refractivity contribution is 0.629. The molecule has 3 aromatic rings. The highest BCUT2D eigenvalue weighted by atomic mass is 32.1. The van der Waals surface area contributed by atoms with E-state index >= 15 is 0 Å². The van der Waals surface area contributed by atoms with E-state index in [9.17, 15) is 4.39 Å². The van der Waals surface area contributed by atoms with Crippen molar-refractivity contribution in [1.29, 1.82) is 0 Å². The molecule has 0 saturated heterocycles. The van der Waals surface area contributed by atoms with Gasteiger partial charge in [-0.25, -0.2) is 9.37 Å². The molecule has 2 heterocycles. The Balaban J connectivity index is 1.99. The molecule has 0 aliphatic heterocycles. The van der Waals surface area contributed by atoms with Crippen LogP contribution in [0.5, 0.6) is 0 Å². The van der Waals surface area contributed by atoms with E-state index in [2.05, 4.69) is 16.0 Å². The van der Waals surface area contributed by atoms with Crippen LogP contribution in [0.3, 0.4) is 0 Å². The Morgan fingerprint density at radius 3 is 3.06 bits per heavy atom. The summed E-state index contributed by atoms with van der Waals surface area (Å²) in [5, 5.41) is 2.04. The molecule has 2 aromatic heterocycles. The standard InChI is InChI=1S/C12H9FN2S/c13-8-3-4-10-11(6-8)15-12(14-10)7-9-2-1-5-16-9/h1-6H,7H2,(H,14,15). The number of benzene rings is 1. The summed E-state index contributed by atoms with van der Waals surface area (Å²) in [5.74, 6) is 0.641. The summed E-state index contributed by atoms with van der Waals surface area (Å²) in [6.07, 6.45) is 0.772. The third-order valence-electron chi connectivity index (χ3n) is 2.41. The zero-order valence-corrected chi connectivity index (χ0v) is 9.22. The minimum atomic E-state index is -0.237. The summed E-state index contributed by atoms with van der Waals surface area (Å²) >= 11 is 1.70. The van der Waals surface area contributed by atoms with Crippen LogP contribution >= 0.6 is 11.3 Å². The first-order chi connectivity index (χ1) is 7.81. The molecule has 0 spiro atoms. The zero-order valence-electron chi connectivity index (χ0n) is 8.40. The second kappa shape index (κ2) is 3.72. The van der Waals surface area contributed by atoms with Crippen molar-refractivity contribution in [2.75, 3.05) is 0 Å². The quantitative estimate of drug-likeness (QED) is 0.721. The molecular weight excluding hydrogens is 223 g/mol. The van der Waals surface area contributed by atoms with Gasteiger partial charge in [0.25, 0.3) is 0 Å². The van der Waals surface area contributed by atoms with Gasteiger partial charge >= 0.3 is 0 Å². The Kier molecular flexibility index (Phi) is 2.22. The van der Waals surface area contributed by atoms with Gasteiger partial charge in [-0.05, 0) is 29.6 Å². The van der Waals surface area contributed by atoms with Crippen LogP contribution in [-0.2, 0) is 6.42 Å². The normalized spacial score (nSPS) is 11.1. The van der Waals surface area contributed by atoms with Gasteiger partial charge in [0.1, 0.15) is 11.6 Å². The van der Waals surface area contributed by atoms with Gasteiger partial charge in [-0.2, -0.15) is 0 Å². The van der Waals surface area contributed by atoms with E-state index in [1.807, 2.05) is 11.4 Å². The molecule has 2 nitrogen and oxygen atoms in total. The van der Waals surface area contributed by atoms with Crippen LogP contribution in [0, 0.1) is 5.82 Å². The van der Waals surface area contributed by atoms with Crippen LogP contribution in [0.2, 0.25) is 0 Å². The lowest BCUT2D eigenvalue weighted by Crippen LogP contribution is -1.86. The van der Waals surface area contributed by atoms with Crippen molar-refractivity contribution >= 4 is 22.4 Å². The number of nitrogens with one attached hydrogen (secondary N) is 1. The van der Waals surface area contributed by atoms with Crippen molar-refractivity contribution in [1.82, 2.24) is 9.97 Å². The maximum atomic E-state index is 13.0. The number of thiophene rings is 1. The van der Waals surface area contributed by atoms with Crippen molar-refractivity contribution < 1.29 is 4.39 Å². The Morgan fingerprint density at radius 1 is 1.31 bits per heavy atom. The number of imidazole rings is 1. The maximum Gasteiger partial charge on any atom is 0.125 e. The summed E-state index contributed by atoms with van der Waals surface area (Å²) < 4.78 is 13.0. The highest BCUT2D eigenvalue weighted by molar-refractivity contribution is 7.09. The van der Waals surface area contributed by atoms with Gasteiger partial charge in [0.2, 0.25) is 0 Å². The average Bonchev–Trinajstić information content (AvgIpc) is 2.86. The second-order valence-corrected chi connectivity index (χ2v) is 4.63. The lowest BCUT2D eigenvalue weighted by Gasteiger charge is -1.90. The lowest BCUT2D eigenvalue weighted by atomic mass is 10.3. The summed E-state index contributed by atoms with van der Waals surface area (Å²) in [6, 6.07) is 8.68. The first kappa shape index (κ1) is 9.54. The van der Waals surface area contributed by atoms with Gasteiger partial charge in [-0.1, -0.05) is 6.07 Å². The van der Waals surface area contributed by atoms with Crippen LogP contribution < -0.4 is 0 Å². The van der Waals surface area contributed by atoms with Crippen molar-refractivity contribution in [2.24, 2.45) is 0 Å². The number of H-pyrrole nitrogens is 1. The van der Waals surface area contributed by atoms with Crippen LogP contribution in [-0.4, -0.2) is 9.97 Å².